The highest BCUT2D eigenvalue weighted by molar-refractivity contribution is 7.86. The molecule has 1 aromatic carbocycles. The molecule has 0 heterocycles. The van der Waals surface area contributed by atoms with Crippen LogP contribution in [0.2, 0.25) is 0 Å². The van der Waals surface area contributed by atoms with Gasteiger partial charge in [-0.25, -0.2) is 0 Å². The fraction of sp³-hybridized carbons (Fsp3) is 0. The first-order chi connectivity index (χ1) is 5.00. The summed E-state index contributed by atoms with van der Waals surface area (Å²) in [5, 5.41) is 0. The number of anilines is 1. The van der Waals surface area contributed by atoms with Crippen molar-refractivity contribution in [2.45, 2.75) is 4.90 Å². The Bertz CT molecular complexity index is 368. The Morgan fingerprint density at radius 3 is 2.15 bits per heavy atom. The molecule has 7 heteroatoms. The van der Waals surface area contributed by atoms with Gasteiger partial charge in [-0.1, -0.05) is 6.07 Å². The molecule has 1 rings (SSSR count). The molecule has 0 aliphatic heterocycles. The van der Waals surface area contributed by atoms with Crippen LogP contribution in [0.1, 0.15) is 0 Å². The summed E-state index contributed by atoms with van der Waals surface area (Å²) in [5.74, 6) is 0. The van der Waals surface area contributed by atoms with Crippen LogP contribution in [0.3, 0.4) is 0 Å². The number of nitrogens with two attached hydrogens (primary N) is 1. The van der Waals surface area contributed by atoms with Crippen LogP contribution in [-0.4, -0.2) is 13.9 Å². The van der Waals surface area contributed by atoms with Gasteiger partial charge in [-0.15, -0.1) is 16.3 Å². The number of rotatable bonds is 1. The van der Waals surface area contributed by atoms with Crippen molar-refractivity contribution in [2.75, 3.05) is 5.73 Å². The van der Waals surface area contributed by atoms with Crippen LogP contribution in [0, 0.1) is 0 Å². The highest BCUT2D eigenvalue weighted by Gasteiger charge is 2.10. The number of nitrogen functional groups attached to an aromatic ring is 1. The summed E-state index contributed by atoms with van der Waals surface area (Å²) in [4.78, 5) is -0.405. The van der Waals surface area contributed by atoms with E-state index in [0.717, 1.165) is 12.1 Å². The van der Waals surface area contributed by atoms with Crippen LogP contribution >= 0.6 is 12.4 Å². The van der Waals surface area contributed by atoms with Gasteiger partial charge in [-0.2, -0.15) is 8.42 Å². The van der Waals surface area contributed by atoms with Crippen molar-refractivity contribution in [1.29, 1.82) is 0 Å². The fourth-order valence-corrected chi connectivity index (χ4v) is 1.18. The average molecular weight is 230 g/mol. The van der Waals surface area contributed by atoms with Crippen molar-refractivity contribution in [1.82, 2.24) is 0 Å². The van der Waals surface area contributed by atoms with Crippen molar-refractivity contribution < 1.29 is 17.8 Å². The molecule has 4 nitrogen and oxygen atoms in total. The molecule has 0 saturated heterocycles. The van der Waals surface area contributed by atoms with E-state index in [1.165, 1.54) is 12.1 Å². The number of halogens is 2. The van der Waals surface area contributed by atoms with E-state index in [-0.39, 0.29) is 23.6 Å². The molecular weight excluding hydrogens is 221 g/mol. The zero-order chi connectivity index (χ0) is 8.48. The van der Waals surface area contributed by atoms with E-state index in [1.54, 1.807) is 0 Å². The molecule has 0 aliphatic carbocycles. The van der Waals surface area contributed by atoms with E-state index >= 15 is 0 Å². The maximum atomic E-state index is 12.2. The van der Waals surface area contributed by atoms with Crippen LogP contribution in [0.25, 0.3) is 0 Å². The van der Waals surface area contributed by atoms with E-state index < -0.39 is 15.1 Å². The molecule has 0 amide bonds. The molecule has 0 aliphatic rings. The molecule has 0 spiro atoms. The minimum atomic E-state index is -4.61. The molecule has 0 unspecified atom stereocenters. The quantitative estimate of drug-likeness (QED) is 0.562. The molecule has 0 atom stereocenters. The minimum Gasteiger partial charge on any atom is -0.412 e. The summed E-state index contributed by atoms with van der Waals surface area (Å²) >= 11 is 0. The third-order valence-corrected chi connectivity index (χ3v) is 1.96. The van der Waals surface area contributed by atoms with Gasteiger partial charge in [0.05, 0.1) is 0 Å². The first-order valence-corrected chi connectivity index (χ1v) is 4.19. The van der Waals surface area contributed by atoms with E-state index in [0.29, 0.717) is 0 Å². The van der Waals surface area contributed by atoms with Gasteiger partial charge in [0, 0.05) is 5.69 Å². The maximum absolute atomic E-state index is 12.2. The van der Waals surface area contributed by atoms with Crippen molar-refractivity contribution in [3.63, 3.8) is 0 Å². The van der Waals surface area contributed by atoms with Crippen molar-refractivity contribution in [3.8, 4) is 0 Å². The molecule has 0 bridgehead atoms. The Morgan fingerprint density at radius 2 is 1.85 bits per heavy atom. The van der Waals surface area contributed by atoms with Crippen molar-refractivity contribution in [2.24, 2.45) is 0 Å². The predicted octanol–water partition coefficient (Wildman–Crippen LogP) is 0.524. The summed E-state index contributed by atoms with van der Waals surface area (Å²) < 4.78 is 32.7. The summed E-state index contributed by atoms with van der Waals surface area (Å²) in [5.41, 5.74) is 5.45. The van der Waals surface area contributed by atoms with E-state index in [2.05, 4.69) is 0 Å². The summed E-state index contributed by atoms with van der Waals surface area (Å²) in [7, 11) is -4.61. The lowest BCUT2D eigenvalue weighted by atomic mass is 10.3. The zero-order valence-electron chi connectivity index (χ0n) is 6.40. The number of benzene rings is 1. The highest BCUT2D eigenvalue weighted by Crippen LogP contribution is 2.14. The van der Waals surface area contributed by atoms with Gasteiger partial charge in [0.1, 0.15) is 4.90 Å². The Kier molecular flexibility index (Phi) is 5.64. The molecule has 13 heavy (non-hydrogen) atoms. The van der Waals surface area contributed by atoms with Crippen LogP contribution in [0.15, 0.2) is 29.2 Å². The second-order valence-electron chi connectivity index (χ2n) is 2.01. The van der Waals surface area contributed by atoms with Gasteiger partial charge in [-0.05, 0) is 18.2 Å². The second kappa shape index (κ2) is 5.00. The van der Waals surface area contributed by atoms with Gasteiger partial charge in [0.15, 0.2) is 0 Å². The fourth-order valence-electron chi connectivity index (χ4n) is 0.666. The molecule has 0 radical (unpaired) electrons. The van der Waals surface area contributed by atoms with Crippen molar-refractivity contribution >= 4 is 28.3 Å². The zero-order valence-corrected chi connectivity index (χ0v) is 8.03. The predicted molar refractivity (Wildman–Crippen MR) is 50.0 cm³/mol. The Balaban J connectivity index is 0. The van der Waals surface area contributed by atoms with Crippen molar-refractivity contribution in [3.05, 3.63) is 24.3 Å². The third kappa shape index (κ3) is 4.07. The minimum absolute atomic E-state index is 0. The standard InChI is InChI=1S/C6H6FNO2S.ClH.H2O/c7-11(9,10)6-3-1-2-5(8)4-6;;/h1-4H,8H2;1H;1H2. The second-order valence-corrected chi connectivity index (χ2v) is 3.36. The molecular formula is C6H9ClFNO3S. The van der Waals surface area contributed by atoms with Gasteiger partial charge in [0.2, 0.25) is 0 Å². The summed E-state index contributed by atoms with van der Waals surface area (Å²) in [6.07, 6.45) is 0. The topological polar surface area (TPSA) is 91.7 Å². The average Bonchev–Trinajstić information content (AvgIpc) is 1.86. The summed E-state index contributed by atoms with van der Waals surface area (Å²) in [6, 6.07) is 5.07. The summed E-state index contributed by atoms with van der Waals surface area (Å²) in [6.45, 7) is 0. The number of hydrogen-bond acceptors (Lipinski definition) is 3. The molecule has 0 aromatic heterocycles. The van der Waals surface area contributed by atoms with Gasteiger partial charge in [0.25, 0.3) is 0 Å². The molecule has 4 N–H and O–H groups in total. The highest BCUT2D eigenvalue weighted by atomic mass is 35.5. The maximum Gasteiger partial charge on any atom is 0.332 e. The lowest BCUT2D eigenvalue weighted by Gasteiger charge is -1.94. The van der Waals surface area contributed by atoms with Crippen LogP contribution in [-0.2, 0) is 10.2 Å². The van der Waals surface area contributed by atoms with Crippen LogP contribution < -0.4 is 5.73 Å². The first-order valence-electron chi connectivity index (χ1n) is 2.80. The largest absolute Gasteiger partial charge is 0.412 e. The van der Waals surface area contributed by atoms with E-state index in [4.69, 9.17) is 5.73 Å². The monoisotopic (exact) mass is 229 g/mol. The van der Waals surface area contributed by atoms with Gasteiger partial charge in [-0.3, -0.25) is 0 Å². The molecule has 0 saturated carbocycles. The molecule has 0 fully saturated rings. The normalized spacial score (nSPS) is 9.62. The van der Waals surface area contributed by atoms with Gasteiger partial charge >= 0.3 is 10.2 Å². The van der Waals surface area contributed by atoms with Gasteiger partial charge < -0.3 is 11.2 Å². The van der Waals surface area contributed by atoms with Crippen LogP contribution in [0.4, 0.5) is 9.57 Å². The lowest BCUT2D eigenvalue weighted by Crippen LogP contribution is -1.93. The van der Waals surface area contributed by atoms with E-state index in [9.17, 15) is 12.3 Å². The lowest BCUT2D eigenvalue weighted by molar-refractivity contribution is 0.552. The van der Waals surface area contributed by atoms with E-state index in [1.807, 2.05) is 0 Å². The number of hydrogen-bond donors (Lipinski definition) is 1. The SMILES string of the molecule is Cl.Nc1cccc(S(=O)(=O)F)c1.O. The molecule has 76 valence electrons. The Hall–Kier alpha value is -0.850. The smallest absolute Gasteiger partial charge is 0.332 e. The first kappa shape index (κ1) is 14.7. The van der Waals surface area contributed by atoms with Crippen LogP contribution in [0.5, 0.6) is 0 Å². The Labute approximate surface area is 81.5 Å². The third-order valence-electron chi connectivity index (χ3n) is 1.14. The Morgan fingerprint density at radius 1 is 1.31 bits per heavy atom. The molecule has 1 aromatic rings.